The SMILES string of the molecule is CC(C)[C@H](NC(=O)Nc1c(Cl)cc(Br)cc1Cl)C(=O)O. The minimum absolute atomic E-state index is 0.224. The number of benzene rings is 1. The monoisotopic (exact) mass is 382 g/mol. The predicted molar refractivity (Wildman–Crippen MR) is 82.6 cm³/mol. The van der Waals surface area contributed by atoms with E-state index in [0.717, 1.165) is 0 Å². The van der Waals surface area contributed by atoms with E-state index >= 15 is 0 Å². The van der Waals surface area contributed by atoms with E-state index in [1.54, 1.807) is 26.0 Å². The quantitative estimate of drug-likeness (QED) is 0.735. The normalized spacial score (nSPS) is 12.1. The predicted octanol–water partition coefficient (Wildman–Crippen LogP) is 3.99. The van der Waals surface area contributed by atoms with Crippen molar-refractivity contribution in [3.63, 3.8) is 0 Å². The van der Waals surface area contributed by atoms with Crippen molar-refractivity contribution in [2.75, 3.05) is 5.32 Å². The lowest BCUT2D eigenvalue weighted by atomic mass is 10.1. The van der Waals surface area contributed by atoms with E-state index in [-0.39, 0.29) is 21.7 Å². The summed E-state index contributed by atoms with van der Waals surface area (Å²) in [6, 6.07) is 1.46. The molecule has 0 fully saturated rings. The van der Waals surface area contributed by atoms with Gasteiger partial charge < -0.3 is 15.7 Å². The summed E-state index contributed by atoms with van der Waals surface area (Å²) in [5, 5.41) is 14.3. The molecule has 0 aliphatic rings. The average Bonchev–Trinajstić information content (AvgIpc) is 2.29. The van der Waals surface area contributed by atoms with E-state index in [1.807, 2.05) is 0 Å². The summed E-state index contributed by atoms with van der Waals surface area (Å²) in [7, 11) is 0. The summed E-state index contributed by atoms with van der Waals surface area (Å²) >= 11 is 15.2. The van der Waals surface area contributed by atoms with Gasteiger partial charge in [-0.3, -0.25) is 0 Å². The molecule has 0 aliphatic heterocycles. The van der Waals surface area contributed by atoms with Crippen LogP contribution in [0.3, 0.4) is 0 Å². The van der Waals surface area contributed by atoms with Gasteiger partial charge in [-0.15, -0.1) is 0 Å². The van der Waals surface area contributed by atoms with Crippen molar-refractivity contribution >= 4 is 56.8 Å². The molecule has 0 bridgehead atoms. The number of carbonyl (C=O) groups is 2. The van der Waals surface area contributed by atoms with Crippen molar-refractivity contribution in [3.8, 4) is 0 Å². The van der Waals surface area contributed by atoms with Gasteiger partial charge in [0.05, 0.1) is 15.7 Å². The topological polar surface area (TPSA) is 78.4 Å². The first kappa shape index (κ1) is 17.1. The molecular formula is C12H13BrCl2N2O3. The Morgan fingerprint density at radius 1 is 1.25 bits per heavy atom. The Morgan fingerprint density at radius 3 is 2.15 bits per heavy atom. The lowest BCUT2D eigenvalue weighted by Crippen LogP contribution is -2.46. The van der Waals surface area contributed by atoms with Crippen molar-refractivity contribution in [2.24, 2.45) is 5.92 Å². The molecule has 8 heteroatoms. The summed E-state index contributed by atoms with van der Waals surface area (Å²) in [5.41, 5.74) is 0.224. The van der Waals surface area contributed by atoms with E-state index in [0.29, 0.717) is 4.47 Å². The van der Waals surface area contributed by atoms with E-state index in [4.69, 9.17) is 28.3 Å². The molecule has 0 spiro atoms. The third kappa shape index (κ3) is 4.54. The number of anilines is 1. The minimum atomic E-state index is -1.11. The number of hydrogen-bond acceptors (Lipinski definition) is 2. The van der Waals surface area contributed by atoms with Crippen LogP contribution in [0.4, 0.5) is 10.5 Å². The zero-order valence-electron chi connectivity index (χ0n) is 10.7. The van der Waals surface area contributed by atoms with Crippen molar-refractivity contribution in [1.29, 1.82) is 0 Å². The van der Waals surface area contributed by atoms with Crippen molar-refractivity contribution in [2.45, 2.75) is 19.9 Å². The van der Waals surface area contributed by atoms with Gasteiger partial charge >= 0.3 is 12.0 Å². The van der Waals surface area contributed by atoms with Gasteiger partial charge in [0.15, 0.2) is 0 Å². The van der Waals surface area contributed by atoms with Crippen LogP contribution in [-0.2, 0) is 4.79 Å². The first-order valence-corrected chi connectivity index (χ1v) is 7.22. The fourth-order valence-corrected chi connectivity index (χ4v) is 2.77. The van der Waals surface area contributed by atoms with Crippen LogP contribution in [0.5, 0.6) is 0 Å². The van der Waals surface area contributed by atoms with Gasteiger partial charge in [-0.1, -0.05) is 53.0 Å². The van der Waals surface area contributed by atoms with E-state index in [1.165, 1.54) is 0 Å². The Kier molecular flexibility index (Phi) is 6.10. The molecule has 1 atom stereocenters. The van der Waals surface area contributed by atoms with Gasteiger partial charge in [-0.05, 0) is 18.1 Å². The Labute approximate surface area is 134 Å². The maximum Gasteiger partial charge on any atom is 0.326 e. The number of carboxylic acid groups (broad SMARTS) is 1. The molecule has 1 rings (SSSR count). The number of hydrogen-bond donors (Lipinski definition) is 3. The second-order valence-electron chi connectivity index (χ2n) is 4.40. The molecule has 0 radical (unpaired) electrons. The number of nitrogens with one attached hydrogen (secondary N) is 2. The summed E-state index contributed by atoms with van der Waals surface area (Å²) < 4.78 is 0.670. The summed E-state index contributed by atoms with van der Waals surface area (Å²) in [4.78, 5) is 22.8. The minimum Gasteiger partial charge on any atom is -0.480 e. The van der Waals surface area contributed by atoms with Crippen LogP contribution < -0.4 is 10.6 Å². The highest BCUT2D eigenvalue weighted by Crippen LogP contribution is 2.33. The van der Waals surface area contributed by atoms with Crippen LogP contribution in [0.25, 0.3) is 0 Å². The van der Waals surface area contributed by atoms with Gasteiger partial charge in [0.2, 0.25) is 0 Å². The highest BCUT2D eigenvalue weighted by molar-refractivity contribution is 9.10. The zero-order valence-corrected chi connectivity index (χ0v) is 13.8. The fourth-order valence-electron chi connectivity index (χ4n) is 1.47. The van der Waals surface area contributed by atoms with Crippen molar-refractivity contribution in [3.05, 3.63) is 26.7 Å². The smallest absolute Gasteiger partial charge is 0.326 e. The number of aliphatic carboxylic acids is 1. The lowest BCUT2D eigenvalue weighted by molar-refractivity contribution is -0.140. The van der Waals surface area contributed by atoms with Crippen LogP contribution in [0.1, 0.15) is 13.8 Å². The molecule has 20 heavy (non-hydrogen) atoms. The Balaban J connectivity index is 2.84. The molecule has 0 saturated carbocycles. The number of halogens is 3. The first-order valence-electron chi connectivity index (χ1n) is 5.67. The number of amides is 2. The molecule has 2 amide bonds. The maximum absolute atomic E-state index is 11.8. The molecule has 0 heterocycles. The highest BCUT2D eigenvalue weighted by atomic mass is 79.9. The number of carbonyl (C=O) groups excluding carboxylic acids is 1. The van der Waals surface area contributed by atoms with Gasteiger partial charge in [0.1, 0.15) is 6.04 Å². The fraction of sp³-hybridized carbons (Fsp3) is 0.333. The van der Waals surface area contributed by atoms with Crippen LogP contribution >= 0.6 is 39.1 Å². The highest BCUT2D eigenvalue weighted by Gasteiger charge is 2.24. The van der Waals surface area contributed by atoms with Gasteiger partial charge in [0, 0.05) is 4.47 Å². The van der Waals surface area contributed by atoms with Crippen LogP contribution in [0.2, 0.25) is 10.0 Å². The number of rotatable bonds is 4. The third-order valence-electron chi connectivity index (χ3n) is 2.46. The largest absolute Gasteiger partial charge is 0.480 e. The standard InChI is InChI=1S/C12H13BrCl2N2O3/c1-5(2)9(11(18)19)16-12(20)17-10-7(14)3-6(13)4-8(10)15/h3-5,9H,1-2H3,(H,18,19)(H2,16,17,20)/t9-/m0/s1. The van der Waals surface area contributed by atoms with E-state index in [2.05, 4.69) is 26.6 Å². The molecule has 110 valence electrons. The first-order chi connectivity index (χ1) is 9.22. The molecule has 0 aliphatic carbocycles. The van der Waals surface area contributed by atoms with Crippen LogP contribution in [0.15, 0.2) is 16.6 Å². The molecule has 1 aromatic carbocycles. The van der Waals surface area contributed by atoms with Gasteiger partial charge in [0.25, 0.3) is 0 Å². The zero-order chi connectivity index (χ0) is 15.4. The van der Waals surface area contributed by atoms with Crippen molar-refractivity contribution in [1.82, 2.24) is 5.32 Å². The molecule has 0 unspecified atom stereocenters. The summed E-state index contributed by atoms with van der Waals surface area (Å²) in [6.45, 7) is 3.39. The van der Waals surface area contributed by atoms with Gasteiger partial charge in [-0.2, -0.15) is 0 Å². The average molecular weight is 384 g/mol. The van der Waals surface area contributed by atoms with E-state index < -0.39 is 18.0 Å². The Hall–Kier alpha value is -0.980. The third-order valence-corrected chi connectivity index (χ3v) is 3.52. The molecule has 0 aromatic heterocycles. The summed E-state index contributed by atoms with van der Waals surface area (Å²) in [6.07, 6.45) is 0. The van der Waals surface area contributed by atoms with E-state index in [9.17, 15) is 9.59 Å². The second-order valence-corrected chi connectivity index (χ2v) is 6.13. The van der Waals surface area contributed by atoms with Crippen LogP contribution in [-0.4, -0.2) is 23.1 Å². The van der Waals surface area contributed by atoms with Crippen LogP contribution in [0, 0.1) is 5.92 Å². The van der Waals surface area contributed by atoms with Gasteiger partial charge in [-0.25, -0.2) is 9.59 Å². The molecule has 0 saturated heterocycles. The maximum atomic E-state index is 11.8. The molecule has 1 aromatic rings. The second kappa shape index (κ2) is 7.15. The Morgan fingerprint density at radius 2 is 1.75 bits per heavy atom. The lowest BCUT2D eigenvalue weighted by Gasteiger charge is -2.19. The summed E-state index contributed by atoms with van der Waals surface area (Å²) in [5.74, 6) is -1.36. The Bertz CT molecular complexity index is 514. The number of urea groups is 1. The van der Waals surface area contributed by atoms with Crippen molar-refractivity contribution < 1.29 is 14.7 Å². The molecule has 5 nitrogen and oxygen atoms in total. The molecular weight excluding hydrogens is 371 g/mol. The number of carboxylic acids is 1. The molecule has 3 N–H and O–H groups in total.